The van der Waals surface area contributed by atoms with Gasteiger partial charge in [-0.25, -0.2) is 4.98 Å². The Morgan fingerprint density at radius 3 is 2.39 bits per heavy atom. The molecule has 1 aliphatic rings. The second-order valence-electron chi connectivity index (χ2n) is 11.4. The Labute approximate surface area is 239 Å². The molecule has 1 unspecified atom stereocenters. The molecule has 38 heavy (non-hydrogen) atoms. The highest BCUT2D eigenvalue weighted by molar-refractivity contribution is 6.74. The standard InChI is InChI=1S/C27H33Cl3N2O5Si/c1-26(2,3)38(6,7)36-13-16-11-21(33)22-24(32(16)23-18(28)9-8-10-19(23)29)20(30)12-31-25(22)34-14-17-15-35-27(4,5)37-17/h8-12,17H,13-15H2,1-7H3. The molecule has 0 radical (unpaired) electrons. The van der Waals surface area contributed by atoms with Crippen LogP contribution in [0.15, 0.2) is 35.3 Å². The van der Waals surface area contributed by atoms with E-state index in [1.807, 2.05) is 13.8 Å². The van der Waals surface area contributed by atoms with E-state index in [0.29, 0.717) is 33.6 Å². The Morgan fingerprint density at radius 1 is 1.16 bits per heavy atom. The van der Waals surface area contributed by atoms with Crippen molar-refractivity contribution in [3.05, 3.63) is 61.4 Å². The van der Waals surface area contributed by atoms with Gasteiger partial charge in [-0.1, -0.05) is 61.6 Å². The molecule has 3 aromatic rings. The summed E-state index contributed by atoms with van der Waals surface area (Å²) in [4.78, 5) is 17.9. The van der Waals surface area contributed by atoms with Crippen LogP contribution in [0.5, 0.6) is 5.88 Å². The van der Waals surface area contributed by atoms with E-state index in [1.165, 1.54) is 12.3 Å². The number of nitrogens with zero attached hydrogens (tertiary/aromatic N) is 2. The van der Waals surface area contributed by atoms with Crippen LogP contribution < -0.4 is 10.2 Å². The fourth-order valence-corrected chi connectivity index (χ4v) is 5.73. The molecule has 1 aliphatic heterocycles. The fraction of sp³-hybridized carbons (Fsp3) is 0.481. The first-order valence-electron chi connectivity index (χ1n) is 12.4. The van der Waals surface area contributed by atoms with Crippen LogP contribution in [0.1, 0.15) is 40.3 Å². The fourth-order valence-electron chi connectivity index (χ4n) is 4.00. The molecule has 2 aromatic heterocycles. The smallest absolute Gasteiger partial charge is 0.227 e. The Morgan fingerprint density at radius 2 is 1.82 bits per heavy atom. The van der Waals surface area contributed by atoms with Crippen molar-refractivity contribution in [2.45, 2.75) is 71.2 Å². The van der Waals surface area contributed by atoms with Crippen LogP contribution in [0.4, 0.5) is 0 Å². The highest BCUT2D eigenvalue weighted by Gasteiger charge is 2.37. The lowest BCUT2D eigenvalue weighted by atomic mass is 10.1. The summed E-state index contributed by atoms with van der Waals surface area (Å²) in [6, 6.07) is 6.74. The summed E-state index contributed by atoms with van der Waals surface area (Å²) in [6.07, 6.45) is 1.14. The molecular formula is C27H33Cl3N2O5Si. The van der Waals surface area contributed by atoms with Gasteiger partial charge in [0.2, 0.25) is 5.88 Å². The van der Waals surface area contributed by atoms with Gasteiger partial charge in [0, 0.05) is 6.07 Å². The molecule has 0 amide bonds. The second kappa shape index (κ2) is 10.7. The first-order valence-corrected chi connectivity index (χ1v) is 16.4. The minimum Gasteiger partial charge on any atom is -0.474 e. The molecule has 4 rings (SSSR count). The second-order valence-corrected chi connectivity index (χ2v) is 17.4. The summed E-state index contributed by atoms with van der Waals surface area (Å²) in [5.41, 5.74) is 1.14. The topological polar surface area (TPSA) is 71.8 Å². The highest BCUT2D eigenvalue weighted by Crippen LogP contribution is 2.39. The average Bonchev–Trinajstić information content (AvgIpc) is 3.16. The summed E-state index contributed by atoms with van der Waals surface area (Å²) >= 11 is 20.1. The maximum atomic E-state index is 13.6. The summed E-state index contributed by atoms with van der Waals surface area (Å²) in [5.74, 6) is -0.563. The first-order chi connectivity index (χ1) is 17.6. The third kappa shape index (κ3) is 5.92. The summed E-state index contributed by atoms with van der Waals surface area (Å²) in [7, 11) is -2.16. The van der Waals surface area contributed by atoms with Gasteiger partial charge >= 0.3 is 0 Å². The van der Waals surface area contributed by atoms with E-state index < -0.39 is 14.1 Å². The zero-order valence-corrected chi connectivity index (χ0v) is 25.9. The van der Waals surface area contributed by atoms with Crippen LogP contribution in [0.3, 0.4) is 0 Å². The van der Waals surface area contributed by atoms with Gasteiger partial charge in [-0.05, 0) is 44.1 Å². The molecule has 1 aromatic carbocycles. The van der Waals surface area contributed by atoms with Gasteiger partial charge in [-0.2, -0.15) is 0 Å². The van der Waals surface area contributed by atoms with Gasteiger partial charge in [0.05, 0.1) is 51.4 Å². The van der Waals surface area contributed by atoms with Crippen LogP contribution in [0.2, 0.25) is 33.2 Å². The third-order valence-corrected chi connectivity index (χ3v) is 12.4. The number of aromatic nitrogens is 2. The number of para-hydroxylation sites is 1. The number of hydrogen-bond acceptors (Lipinski definition) is 6. The number of halogens is 3. The van der Waals surface area contributed by atoms with Gasteiger partial charge in [-0.3, -0.25) is 4.79 Å². The van der Waals surface area contributed by atoms with Crippen molar-refractivity contribution in [1.29, 1.82) is 0 Å². The lowest BCUT2D eigenvalue weighted by Gasteiger charge is -2.36. The summed E-state index contributed by atoms with van der Waals surface area (Å²) in [5, 5.41) is 1.22. The Kier molecular flexibility index (Phi) is 8.28. The number of rotatable bonds is 7. The van der Waals surface area contributed by atoms with Gasteiger partial charge < -0.3 is 23.2 Å². The molecule has 1 atom stereocenters. The largest absolute Gasteiger partial charge is 0.474 e. The number of ether oxygens (including phenoxy) is 3. The zero-order valence-electron chi connectivity index (χ0n) is 22.7. The van der Waals surface area contributed by atoms with Gasteiger partial charge in [-0.15, -0.1) is 0 Å². The van der Waals surface area contributed by atoms with Crippen LogP contribution in [0.25, 0.3) is 16.6 Å². The maximum absolute atomic E-state index is 13.6. The highest BCUT2D eigenvalue weighted by atomic mass is 35.5. The molecule has 0 N–H and O–H groups in total. The molecule has 7 nitrogen and oxygen atoms in total. The third-order valence-electron chi connectivity index (χ3n) is 7.05. The molecule has 1 fully saturated rings. The molecule has 3 heterocycles. The van der Waals surface area contributed by atoms with Crippen LogP contribution in [-0.2, 0) is 20.5 Å². The summed E-state index contributed by atoms with van der Waals surface area (Å²) in [6.45, 7) is 15.1. The predicted octanol–water partition coefficient (Wildman–Crippen LogP) is 7.40. The van der Waals surface area contributed by atoms with Crippen molar-refractivity contribution in [3.63, 3.8) is 0 Å². The van der Waals surface area contributed by atoms with E-state index in [0.717, 1.165) is 0 Å². The molecule has 1 saturated heterocycles. The van der Waals surface area contributed by atoms with Crippen molar-refractivity contribution in [2.75, 3.05) is 13.2 Å². The average molecular weight is 600 g/mol. The van der Waals surface area contributed by atoms with Crippen LogP contribution in [0, 0.1) is 0 Å². The van der Waals surface area contributed by atoms with Gasteiger partial charge in [0.15, 0.2) is 19.5 Å². The van der Waals surface area contributed by atoms with E-state index in [4.69, 9.17) is 53.4 Å². The number of fused-ring (bicyclic) bond motifs is 1. The molecule has 0 saturated carbocycles. The zero-order chi connectivity index (χ0) is 28.0. The SMILES string of the molecule is CC1(C)OCC(COc2ncc(Cl)c3c2c(=O)cc(CO[Si](C)(C)C(C)(C)C)n3-c2c(Cl)cccc2Cl)O1. The lowest BCUT2D eigenvalue weighted by molar-refractivity contribution is -0.141. The quantitative estimate of drug-likeness (QED) is 0.264. The Bertz CT molecular complexity index is 1400. The lowest BCUT2D eigenvalue weighted by Crippen LogP contribution is -2.40. The normalized spacial score (nSPS) is 17.8. The van der Waals surface area contributed by atoms with Crippen molar-refractivity contribution in [1.82, 2.24) is 9.55 Å². The number of benzene rings is 1. The monoisotopic (exact) mass is 598 g/mol. The minimum absolute atomic E-state index is 0.0276. The van der Waals surface area contributed by atoms with Gasteiger partial charge in [0.25, 0.3) is 0 Å². The van der Waals surface area contributed by atoms with Crippen molar-refractivity contribution in [3.8, 4) is 11.6 Å². The molecule has 0 spiro atoms. The van der Waals surface area contributed by atoms with Crippen molar-refractivity contribution >= 4 is 54.0 Å². The molecule has 0 bridgehead atoms. The van der Waals surface area contributed by atoms with Crippen LogP contribution in [-0.4, -0.2) is 43.0 Å². The van der Waals surface area contributed by atoms with E-state index in [9.17, 15) is 4.79 Å². The number of hydrogen-bond donors (Lipinski definition) is 0. The molecule has 206 valence electrons. The Balaban J connectivity index is 1.88. The van der Waals surface area contributed by atoms with E-state index >= 15 is 0 Å². The molecule has 11 heteroatoms. The first kappa shape index (κ1) is 29.3. The predicted molar refractivity (Wildman–Crippen MR) is 155 cm³/mol. The minimum atomic E-state index is -2.16. The van der Waals surface area contributed by atoms with Crippen molar-refractivity contribution in [2.24, 2.45) is 0 Å². The van der Waals surface area contributed by atoms with E-state index in [2.05, 4.69) is 38.8 Å². The van der Waals surface area contributed by atoms with Crippen LogP contribution >= 0.6 is 34.8 Å². The van der Waals surface area contributed by atoms with E-state index in [1.54, 1.807) is 22.8 Å². The molecular weight excluding hydrogens is 567 g/mol. The summed E-state index contributed by atoms with van der Waals surface area (Å²) < 4.78 is 25.7. The Hall–Kier alpha value is -1.65. The maximum Gasteiger partial charge on any atom is 0.227 e. The van der Waals surface area contributed by atoms with E-state index in [-0.39, 0.29) is 46.1 Å². The molecule has 0 aliphatic carbocycles. The van der Waals surface area contributed by atoms with Gasteiger partial charge in [0.1, 0.15) is 18.1 Å². The van der Waals surface area contributed by atoms with Crippen molar-refractivity contribution < 1.29 is 18.6 Å². The number of pyridine rings is 2.